The van der Waals surface area contributed by atoms with Gasteiger partial charge in [0.15, 0.2) is 0 Å². The molecule has 0 saturated carbocycles. The molecule has 0 aliphatic carbocycles. The van der Waals surface area contributed by atoms with E-state index in [1.54, 1.807) is 0 Å². The molecule has 0 radical (unpaired) electrons. The summed E-state index contributed by atoms with van der Waals surface area (Å²) >= 11 is 0. The molecular weight excluding hydrogens is 254 g/mol. The molecule has 0 spiro atoms. The fraction of sp³-hybridized carbons (Fsp3) is 0.500. The van der Waals surface area contributed by atoms with E-state index in [9.17, 15) is 9.59 Å². The number of hydrogen-bond acceptors (Lipinski definition) is 3. The minimum Gasteiger partial charge on any atom is -0.444 e. The highest BCUT2D eigenvalue weighted by molar-refractivity contribution is 5.77. The fourth-order valence-corrected chi connectivity index (χ4v) is 3.25. The lowest BCUT2D eigenvalue weighted by molar-refractivity contribution is 0.0177. The molecule has 0 aromatic heterocycles. The molecule has 2 aliphatic rings. The Morgan fingerprint density at radius 1 is 1.25 bits per heavy atom. The highest BCUT2D eigenvalue weighted by Crippen LogP contribution is 2.53. The topological polar surface area (TPSA) is 46.6 Å². The zero-order valence-electron chi connectivity index (χ0n) is 12.1. The van der Waals surface area contributed by atoms with Gasteiger partial charge in [0.2, 0.25) is 0 Å². The Morgan fingerprint density at radius 2 is 1.90 bits per heavy atom. The lowest BCUT2D eigenvalue weighted by Crippen LogP contribution is -2.34. The predicted molar refractivity (Wildman–Crippen MR) is 74.6 cm³/mol. The van der Waals surface area contributed by atoms with Gasteiger partial charge in [0.05, 0.1) is 12.1 Å². The number of amides is 1. The predicted octanol–water partition coefficient (Wildman–Crippen LogP) is 3.63. The Labute approximate surface area is 118 Å². The Morgan fingerprint density at radius 3 is 2.50 bits per heavy atom. The minimum absolute atomic E-state index is 0.0600. The molecule has 2 bridgehead atoms. The van der Waals surface area contributed by atoms with Crippen LogP contribution in [0.5, 0.6) is 0 Å². The number of rotatable bonds is 1. The van der Waals surface area contributed by atoms with Gasteiger partial charge in [0.25, 0.3) is 0 Å². The van der Waals surface area contributed by atoms with E-state index in [0.717, 1.165) is 30.3 Å². The number of hydrogen-bond donors (Lipinski definition) is 0. The van der Waals surface area contributed by atoms with Crippen LogP contribution in [0.2, 0.25) is 0 Å². The first-order chi connectivity index (χ1) is 9.40. The third kappa shape index (κ3) is 1.99. The van der Waals surface area contributed by atoms with E-state index in [1.165, 1.54) is 0 Å². The second kappa shape index (κ2) is 4.33. The van der Waals surface area contributed by atoms with Gasteiger partial charge in [0.1, 0.15) is 11.9 Å². The molecule has 2 unspecified atom stereocenters. The minimum atomic E-state index is -0.487. The summed E-state index contributed by atoms with van der Waals surface area (Å²) in [4.78, 5) is 25.1. The largest absolute Gasteiger partial charge is 0.444 e. The molecule has 2 atom stereocenters. The van der Waals surface area contributed by atoms with Crippen LogP contribution in [-0.2, 0) is 4.74 Å². The highest BCUT2D eigenvalue weighted by atomic mass is 16.6. The maximum absolute atomic E-state index is 12.4. The van der Waals surface area contributed by atoms with Crippen molar-refractivity contribution in [3.8, 4) is 0 Å². The molecule has 1 aromatic carbocycles. The molecule has 0 N–H and O–H groups in total. The Bertz CT molecular complexity index is 574. The lowest BCUT2D eigenvalue weighted by atomic mass is 9.91. The van der Waals surface area contributed by atoms with Crippen LogP contribution in [0.3, 0.4) is 0 Å². The van der Waals surface area contributed by atoms with Crippen molar-refractivity contribution in [3.63, 3.8) is 0 Å². The van der Waals surface area contributed by atoms with Crippen LogP contribution in [0, 0.1) is 0 Å². The van der Waals surface area contributed by atoms with Crippen molar-refractivity contribution in [2.45, 2.75) is 51.3 Å². The molecule has 2 heterocycles. The van der Waals surface area contributed by atoms with E-state index < -0.39 is 5.60 Å². The molecule has 1 amide bonds. The summed E-state index contributed by atoms with van der Waals surface area (Å²) in [5.41, 5.74) is 2.45. The van der Waals surface area contributed by atoms with Crippen molar-refractivity contribution in [1.29, 1.82) is 0 Å². The van der Waals surface area contributed by atoms with E-state index in [1.807, 2.05) is 43.9 Å². The number of carbonyl (C=O) groups is 2. The van der Waals surface area contributed by atoms with Gasteiger partial charge in [-0.3, -0.25) is 9.69 Å². The number of nitrogens with zero attached hydrogens (tertiary/aromatic N) is 1. The molecule has 3 rings (SSSR count). The van der Waals surface area contributed by atoms with Gasteiger partial charge in [-0.2, -0.15) is 0 Å². The zero-order valence-corrected chi connectivity index (χ0v) is 12.1. The molecule has 2 aliphatic heterocycles. The fourth-order valence-electron chi connectivity index (χ4n) is 3.25. The van der Waals surface area contributed by atoms with Gasteiger partial charge in [0, 0.05) is 5.56 Å². The Balaban J connectivity index is 1.91. The van der Waals surface area contributed by atoms with Crippen molar-refractivity contribution in [1.82, 2.24) is 4.90 Å². The summed E-state index contributed by atoms with van der Waals surface area (Å²) in [5, 5.41) is 0. The quantitative estimate of drug-likeness (QED) is 0.734. The maximum Gasteiger partial charge on any atom is 0.411 e. The zero-order chi connectivity index (χ0) is 14.5. The molecule has 4 nitrogen and oxygen atoms in total. The van der Waals surface area contributed by atoms with E-state index >= 15 is 0 Å². The molecule has 1 fully saturated rings. The van der Waals surface area contributed by atoms with E-state index in [2.05, 4.69) is 0 Å². The molecule has 1 saturated heterocycles. The van der Waals surface area contributed by atoms with Gasteiger partial charge < -0.3 is 4.74 Å². The second-order valence-corrected chi connectivity index (χ2v) is 6.50. The Kier molecular flexibility index (Phi) is 2.85. The third-order valence-corrected chi connectivity index (χ3v) is 3.95. The maximum atomic E-state index is 12.4. The van der Waals surface area contributed by atoms with Crippen molar-refractivity contribution < 1.29 is 14.3 Å². The summed E-state index contributed by atoms with van der Waals surface area (Å²) in [7, 11) is 0. The van der Waals surface area contributed by atoms with Crippen molar-refractivity contribution in [2.24, 2.45) is 0 Å². The standard InChI is InChI=1S/C16H19NO3/c1-16(2,3)20-15(19)17-13-6-7-14(17)12-8-10(9-18)4-5-11(12)13/h4-5,8-9,13-14H,6-7H2,1-3H3. The molecule has 20 heavy (non-hydrogen) atoms. The van der Waals surface area contributed by atoms with E-state index in [0.29, 0.717) is 5.56 Å². The first-order valence-corrected chi connectivity index (χ1v) is 7.01. The van der Waals surface area contributed by atoms with Gasteiger partial charge in [-0.25, -0.2) is 4.79 Å². The molecular formula is C16H19NO3. The summed E-state index contributed by atoms with van der Waals surface area (Å²) in [6.07, 6.45) is 2.51. The third-order valence-electron chi connectivity index (χ3n) is 3.95. The average molecular weight is 273 g/mol. The first kappa shape index (κ1) is 13.2. The lowest BCUT2D eigenvalue weighted by Gasteiger charge is -2.27. The van der Waals surface area contributed by atoms with Crippen molar-refractivity contribution in [3.05, 3.63) is 34.9 Å². The monoisotopic (exact) mass is 273 g/mol. The van der Waals surface area contributed by atoms with Crippen LogP contribution in [-0.4, -0.2) is 22.9 Å². The summed E-state index contributed by atoms with van der Waals surface area (Å²) < 4.78 is 5.51. The molecule has 4 heteroatoms. The number of aldehydes is 1. The smallest absolute Gasteiger partial charge is 0.411 e. The van der Waals surface area contributed by atoms with E-state index in [-0.39, 0.29) is 18.2 Å². The number of carbonyl (C=O) groups excluding carboxylic acids is 2. The second-order valence-electron chi connectivity index (χ2n) is 6.50. The van der Waals surface area contributed by atoms with Gasteiger partial charge in [-0.15, -0.1) is 0 Å². The van der Waals surface area contributed by atoms with Crippen molar-refractivity contribution >= 4 is 12.4 Å². The van der Waals surface area contributed by atoms with Gasteiger partial charge >= 0.3 is 6.09 Å². The van der Waals surface area contributed by atoms with Crippen LogP contribution < -0.4 is 0 Å². The van der Waals surface area contributed by atoms with Gasteiger partial charge in [-0.05, 0) is 50.8 Å². The normalized spacial score (nSPS) is 23.6. The van der Waals surface area contributed by atoms with Crippen LogP contribution in [0.4, 0.5) is 4.79 Å². The van der Waals surface area contributed by atoms with Crippen LogP contribution >= 0.6 is 0 Å². The van der Waals surface area contributed by atoms with Crippen LogP contribution in [0.1, 0.15) is 67.2 Å². The summed E-state index contributed by atoms with van der Waals surface area (Å²) in [6.45, 7) is 5.63. The SMILES string of the molecule is CC(C)(C)OC(=O)N1C2CCC1c1cc(C=O)ccc12. The number of benzene rings is 1. The Hall–Kier alpha value is -1.84. The average Bonchev–Trinajstić information content (AvgIpc) is 2.92. The molecule has 1 aromatic rings. The summed E-state index contributed by atoms with van der Waals surface area (Å²) in [6, 6.07) is 5.86. The van der Waals surface area contributed by atoms with Gasteiger partial charge in [-0.1, -0.05) is 12.1 Å². The number of fused-ring (bicyclic) bond motifs is 5. The van der Waals surface area contributed by atoms with Crippen LogP contribution in [0.25, 0.3) is 0 Å². The molecule has 106 valence electrons. The first-order valence-electron chi connectivity index (χ1n) is 7.01. The number of ether oxygens (including phenoxy) is 1. The van der Waals surface area contributed by atoms with Crippen molar-refractivity contribution in [2.75, 3.05) is 0 Å². The summed E-state index contributed by atoms with van der Waals surface area (Å²) in [5.74, 6) is 0. The highest BCUT2D eigenvalue weighted by Gasteiger charge is 2.47. The van der Waals surface area contributed by atoms with E-state index in [4.69, 9.17) is 4.74 Å². The van der Waals surface area contributed by atoms with Crippen LogP contribution in [0.15, 0.2) is 18.2 Å².